The Hall–Kier alpha value is -0.640. The van der Waals surface area contributed by atoms with Crippen LogP contribution in [0, 0.1) is 6.92 Å². The molecule has 3 heteroatoms. The minimum Gasteiger partial charge on any atom is -0.310 e. The molecule has 108 valence electrons. The van der Waals surface area contributed by atoms with E-state index in [0.29, 0.717) is 6.04 Å². The van der Waals surface area contributed by atoms with E-state index in [1.54, 1.807) is 11.3 Å². The van der Waals surface area contributed by atoms with E-state index in [1.165, 1.54) is 27.6 Å². The minimum absolute atomic E-state index is 0.436. The van der Waals surface area contributed by atoms with Crippen molar-refractivity contribution in [3.63, 3.8) is 0 Å². The Balaban J connectivity index is 2.09. The number of benzene rings is 1. The van der Waals surface area contributed by atoms with Crippen molar-refractivity contribution < 1.29 is 0 Å². The van der Waals surface area contributed by atoms with Crippen LogP contribution < -0.4 is 5.32 Å². The van der Waals surface area contributed by atoms with Gasteiger partial charge in [0.15, 0.2) is 0 Å². The number of rotatable bonds is 7. The van der Waals surface area contributed by atoms with Crippen LogP contribution in [0.1, 0.15) is 42.5 Å². The lowest BCUT2D eigenvalue weighted by atomic mass is 9.98. The highest BCUT2D eigenvalue weighted by Crippen LogP contribution is 2.24. The summed E-state index contributed by atoms with van der Waals surface area (Å²) in [5.74, 6) is 0. The number of nitrogens with one attached hydrogen (secondary N) is 1. The Labute approximate surface area is 134 Å². The Morgan fingerprint density at radius 1 is 1.30 bits per heavy atom. The van der Waals surface area contributed by atoms with Gasteiger partial charge in [-0.15, -0.1) is 0 Å². The lowest BCUT2D eigenvalue weighted by Gasteiger charge is -2.20. The van der Waals surface area contributed by atoms with Crippen LogP contribution in [0.4, 0.5) is 0 Å². The van der Waals surface area contributed by atoms with Crippen molar-refractivity contribution in [2.45, 2.75) is 39.2 Å². The molecule has 1 heterocycles. The third kappa shape index (κ3) is 4.72. The molecule has 0 fully saturated rings. The molecule has 1 unspecified atom stereocenters. The fourth-order valence-electron chi connectivity index (χ4n) is 2.42. The zero-order valence-electron chi connectivity index (χ0n) is 12.2. The summed E-state index contributed by atoms with van der Waals surface area (Å²) >= 11 is 5.40. The van der Waals surface area contributed by atoms with E-state index in [9.17, 15) is 0 Å². The molecule has 2 rings (SSSR count). The maximum absolute atomic E-state index is 3.69. The summed E-state index contributed by atoms with van der Waals surface area (Å²) < 4.78 is 1.17. The molecule has 0 aliphatic carbocycles. The molecule has 1 N–H and O–H groups in total. The zero-order valence-corrected chi connectivity index (χ0v) is 14.6. The van der Waals surface area contributed by atoms with Gasteiger partial charge in [-0.3, -0.25) is 0 Å². The summed E-state index contributed by atoms with van der Waals surface area (Å²) in [5, 5.41) is 8.10. The molecule has 1 aromatic carbocycles. The molecule has 1 nitrogen and oxygen atoms in total. The summed E-state index contributed by atoms with van der Waals surface area (Å²) in [6, 6.07) is 9.37. The highest BCUT2D eigenvalue weighted by molar-refractivity contribution is 9.10. The van der Waals surface area contributed by atoms with Crippen LogP contribution in [0.5, 0.6) is 0 Å². The van der Waals surface area contributed by atoms with E-state index >= 15 is 0 Å². The van der Waals surface area contributed by atoms with Gasteiger partial charge in [-0.1, -0.05) is 28.9 Å². The Morgan fingerprint density at radius 3 is 2.80 bits per heavy atom. The Morgan fingerprint density at radius 2 is 2.15 bits per heavy atom. The van der Waals surface area contributed by atoms with Crippen molar-refractivity contribution in [3.8, 4) is 0 Å². The zero-order chi connectivity index (χ0) is 14.4. The molecule has 0 spiro atoms. The van der Waals surface area contributed by atoms with Crippen LogP contribution in [0.25, 0.3) is 0 Å². The van der Waals surface area contributed by atoms with Crippen LogP contribution in [0.3, 0.4) is 0 Å². The molecule has 20 heavy (non-hydrogen) atoms. The van der Waals surface area contributed by atoms with Crippen molar-refractivity contribution >= 4 is 27.3 Å². The summed E-state index contributed by atoms with van der Waals surface area (Å²) in [7, 11) is 0. The minimum atomic E-state index is 0.436. The smallest absolute Gasteiger partial charge is 0.0323 e. The molecule has 0 amide bonds. The maximum atomic E-state index is 3.69. The highest BCUT2D eigenvalue weighted by atomic mass is 79.9. The van der Waals surface area contributed by atoms with Crippen LogP contribution in [0.2, 0.25) is 0 Å². The van der Waals surface area contributed by atoms with Crippen LogP contribution >= 0.6 is 27.3 Å². The molecule has 1 aromatic heterocycles. The Bertz CT molecular complexity index is 502. The topological polar surface area (TPSA) is 12.0 Å². The van der Waals surface area contributed by atoms with E-state index < -0.39 is 0 Å². The largest absolute Gasteiger partial charge is 0.310 e. The van der Waals surface area contributed by atoms with Gasteiger partial charge in [0, 0.05) is 10.5 Å². The quantitative estimate of drug-likeness (QED) is 0.694. The number of halogens is 1. The first kappa shape index (κ1) is 15.7. The van der Waals surface area contributed by atoms with Gasteiger partial charge in [0.2, 0.25) is 0 Å². The van der Waals surface area contributed by atoms with Gasteiger partial charge in [-0.25, -0.2) is 0 Å². The number of hydrogen-bond donors (Lipinski definition) is 1. The van der Waals surface area contributed by atoms with E-state index in [-0.39, 0.29) is 0 Å². The number of aryl methyl sites for hydroxylation is 2. The van der Waals surface area contributed by atoms with Crippen LogP contribution in [0.15, 0.2) is 39.5 Å². The fraction of sp³-hybridized carbons (Fsp3) is 0.412. The lowest BCUT2D eigenvalue weighted by molar-refractivity contribution is 0.499. The first-order valence-electron chi connectivity index (χ1n) is 7.20. The summed E-state index contributed by atoms with van der Waals surface area (Å²) in [6.07, 6.45) is 3.45. The molecular weight excluding hydrogens is 330 g/mol. The molecular formula is C17H22BrNS. The van der Waals surface area contributed by atoms with Crippen molar-refractivity contribution in [3.05, 3.63) is 56.2 Å². The average Bonchev–Trinajstić information content (AvgIpc) is 2.91. The first-order valence-corrected chi connectivity index (χ1v) is 8.94. The third-order valence-corrected chi connectivity index (χ3v) is 4.60. The monoisotopic (exact) mass is 351 g/mol. The van der Waals surface area contributed by atoms with Crippen molar-refractivity contribution in [2.75, 3.05) is 6.54 Å². The van der Waals surface area contributed by atoms with Gasteiger partial charge in [0.25, 0.3) is 0 Å². The third-order valence-electron chi connectivity index (χ3n) is 3.41. The SMILES string of the molecule is CCCNC(CCc1ccsc1)c1cc(C)cc(Br)c1. The summed E-state index contributed by atoms with van der Waals surface area (Å²) in [6.45, 7) is 5.44. The van der Waals surface area contributed by atoms with Crippen LogP contribution in [-0.4, -0.2) is 6.54 Å². The van der Waals surface area contributed by atoms with Gasteiger partial charge in [0.05, 0.1) is 0 Å². The average molecular weight is 352 g/mol. The standard InChI is InChI=1S/C17H22BrNS/c1-3-7-19-17(5-4-14-6-8-20-12-14)15-9-13(2)10-16(18)11-15/h6,8-12,17,19H,3-5,7H2,1-2H3. The van der Waals surface area contributed by atoms with E-state index in [1.807, 2.05) is 0 Å². The van der Waals surface area contributed by atoms with E-state index in [4.69, 9.17) is 0 Å². The van der Waals surface area contributed by atoms with E-state index in [2.05, 4.69) is 70.1 Å². The molecule has 0 radical (unpaired) electrons. The molecule has 0 saturated carbocycles. The Kier molecular flexibility index (Phi) is 6.27. The summed E-state index contributed by atoms with van der Waals surface area (Å²) in [4.78, 5) is 0. The normalized spacial score (nSPS) is 12.6. The molecule has 2 aromatic rings. The summed E-state index contributed by atoms with van der Waals surface area (Å²) in [5.41, 5.74) is 4.15. The predicted molar refractivity (Wildman–Crippen MR) is 92.6 cm³/mol. The van der Waals surface area contributed by atoms with E-state index in [0.717, 1.165) is 19.4 Å². The van der Waals surface area contributed by atoms with Crippen molar-refractivity contribution in [1.29, 1.82) is 0 Å². The number of hydrogen-bond acceptors (Lipinski definition) is 2. The second-order valence-corrected chi connectivity index (χ2v) is 6.93. The van der Waals surface area contributed by atoms with Crippen molar-refractivity contribution in [1.82, 2.24) is 5.32 Å². The molecule has 0 saturated heterocycles. The van der Waals surface area contributed by atoms with Crippen molar-refractivity contribution in [2.24, 2.45) is 0 Å². The molecule has 0 aliphatic rings. The highest BCUT2D eigenvalue weighted by Gasteiger charge is 2.12. The lowest BCUT2D eigenvalue weighted by Crippen LogP contribution is -2.22. The van der Waals surface area contributed by atoms with Gasteiger partial charge in [-0.05, 0) is 78.4 Å². The first-order chi connectivity index (χ1) is 9.69. The second kappa shape index (κ2) is 7.96. The second-order valence-electron chi connectivity index (χ2n) is 5.24. The number of thiophene rings is 1. The molecule has 0 bridgehead atoms. The molecule has 1 atom stereocenters. The fourth-order valence-corrected chi connectivity index (χ4v) is 3.75. The van der Waals surface area contributed by atoms with Gasteiger partial charge < -0.3 is 5.32 Å². The van der Waals surface area contributed by atoms with Gasteiger partial charge in [-0.2, -0.15) is 11.3 Å². The predicted octanol–water partition coefficient (Wildman–Crippen LogP) is 5.49. The van der Waals surface area contributed by atoms with Crippen LogP contribution in [-0.2, 0) is 6.42 Å². The van der Waals surface area contributed by atoms with Gasteiger partial charge >= 0.3 is 0 Å². The van der Waals surface area contributed by atoms with Gasteiger partial charge in [0.1, 0.15) is 0 Å². The maximum Gasteiger partial charge on any atom is 0.0323 e. The molecule has 0 aliphatic heterocycles.